The van der Waals surface area contributed by atoms with Crippen molar-refractivity contribution in [2.24, 2.45) is 10.8 Å². The standard InChI is InChI=1S/C21H26N2O/c1-20(2)11-16-12-21(3,13-20)14-23(16)19(24)22-18-10-6-8-15-7-4-5-9-17(15)18/h4-10,16H,11-14H2,1-3H3,(H,22,24)/t16-,21-/m1/s1. The largest absolute Gasteiger partial charge is 0.322 e. The van der Waals surface area contributed by atoms with Crippen molar-refractivity contribution >= 4 is 22.5 Å². The summed E-state index contributed by atoms with van der Waals surface area (Å²) >= 11 is 0. The van der Waals surface area contributed by atoms with E-state index in [1.165, 1.54) is 6.42 Å². The van der Waals surface area contributed by atoms with Gasteiger partial charge in [-0.25, -0.2) is 4.79 Å². The van der Waals surface area contributed by atoms with E-state index >= 15 is 0 Å². The number of hydrogen-bond acceptors (Lipinski definition) is 1. The van der Waals surface area contributed by atoms with Crippen LogP contribution in [0.3, 0.4) is 0 Å². The number of fused-ring (bicyclic) bond motifs is 3. The fraction of sp³-hybridized carbons (Fsp3) is 0.476. The van der Waals surface area contributed by atoms with Crippen molar-refractivity contribution in [3.63, 3.8) is 0 Å². The molecule has 2 atom stereocenters. The summed E-state index contributed by atoms with van der Waals surface area (Å²) in [6.07, 6.45) is 3.44. The summed E-state index contributed by atoms with van der Waals surface area (Å²) in [4.78, 5) is 15.0. The quantitative estimate of drug-likeness (QED) is 0.762. The van der Waals surface area contributed by atoms with Crippen molar-refractivity contribution in [1.29, 1.82) is 0 Å². The van der Waals surface area contributed by atoms with E-state index in [9.17, 15) is 4.79 Å². The van der Waals surface area contributed by atoms with Crippen LogP contribution in [-0.4, -0.2) is 23.5 Å². The predicted octanol–water partition coefficient (Wildman–Crippen LogP) is 5.27. The van der Waals surface area contributed by atoms with E-state index in [-0.39, 0.29) is 11.4 Å². The molecule has 1 saturated carbocycles. The lowest BCUT2D eigenvalue weighted by atomic mass is 9.65. The second-order valence-electron chi connectivity index (χ2n) is 8.80. The molecular formula is C21H26N2O. The first-order valence-electron chi connectivity index (χ1n) is 8.91. The number of urea groups is 1. The van der Waals surface area contributed by atoms with Gasteiger partial charge in [0.1, 0.15) is 0 Å². The van der Waals surface area contributed by atoms with Crippen LogP contribution in [0, 0.1) is 10.8 Å². The number of hydrogen-bond donors (Lipinski definition) is 1. The van der Waals surface area contributed by atoms with E-state index in [0.29, 0.717) is 11.5 Å². The van der Waals surface area contributed by atoms with E-state index < -0.39 is 0 Å². The lowest BCUT2D eigenvalue weighted by Crippen LogP contribution is -2.40. The molecule has 1 saturated heterocycles. The Morgan fingerprint density at radius 1 is 1.08 bits per heavy atom. The highest BCUT2D eigenvalue weighted by Crippen LogP contribution is 2.52. The zero-order chi connectivity index (χ0) is 16.9. The molecule has 24 heavy (non-hydrogen) atoms. The summed E-state index contributed by atoms with van der Waals surface area (Å²) in [6, 6.07) is 14.7. The van der Waals surface area contributed by atoms with E-state index in [1.807, 2.05) is 24.3 Å². The van der Waals surface area contributed by atoms with Crippen LogP contribution in [0.2, 0.25) is 0 Å². The van der Waals surface area contributed by atoms with E-state index in [4.69, 9.17) is 0 Å². The van der Waals surface area contributed by atoms with Crippen LogP contribution in [-0.2, 0) is 0 Å². The molecule has 2 aromatic rings. The predicted molar refractivity (Wildman–Crippen MR) is 99.2 cm³/mol. The molecule has 2 aromatic carbocycles. The monoisotopic (exact) mass is 322 g/mol. The molecule has 0 radical (unpaired) electrons. The summed E-state index contributed by atoms with van der Waals surface area (Å²) in [5.41, 5.74) is 1.50. The van der Waals surface area contributed by atoms with Gasteiger partial charge in [0.25, 0.3) is 0 Å². The molecule has 2 aliphatic rings. The van der Waals surface area contributed by atoms with Gasteiger partial charge in [0.15, 0.2) is 0 Å². The fourth-order valence-electron chi connectivity index (χ4n) is 5.22. The van der Waals surface area contributed by atoms with Gasteiger partial charge in [0.05, 0.1) is 5.69 Å². The maximum absolute atomic E-state index is 13.0. The number of nitrogens with zero attached hydrogens (tertiary/aromatic N) is 1. The topological polar surface area (TPSA) is 32.3 Å². The average Bonchev–Trinajstić information content (AvgIpc) is 2.77. The Labute approximate surface area is 144 Å². The highest BCUT2D eigenvalue weighted by molar-refractivity contribution is 6.01. The van der Waals surface area contributed by atoms with Crippen LogP contribution in [0.25, 0.3) is 10.8 Å². The number of carbonyl (C=O) groups is 1. The zero-order valence-electron chi connectivity index (χ0n) is 14.8. The molecule has 4 rings (SSSR count). The van der Waals surface area contributed by atoms with Crippen LogP contribution >= 0.6 is 0 Å². The fourth-order valence-corrected chi connectivity index (χ4v) is 5.22. The molecule has 126 valence electrons. The Balaban J connectivity index is 1.59. The van der Waals surface area contributed by atoms with Gasteiger partial charge in [-0.3, -0.25) is 0 Å². The average molecular weight is 322 g/mol. The Kier molecular flexibility index (Phi) is 3.38. The van der Waals surface area contributed by atoms with Crippen LogP contribution in [0.4, 0.5) is 10.5 Å². The molecule has 2 amide bonds. The zero-order valence-corrected chi connectivity index (χ0v) is 14.8. The third-order valence-electron chi connectivity index (χ3n) is 5.71. The highest BCUT2D eigenvalue weighted by Gasteiger charge is 2.51. The molecule has 1 aliphatic carbocycles. The van der Waals surface area contributed by atoms with Crippen molar-refractivity contribution in [2.75, 3.05) is 11.9 Å². The first-order chi connectivity index (χ1) is 11.4. The van der Waals surface area contributed by atoms with Crippen molar-refractivity contribution in [2.45, 2.75) is 46.1 Å². The van der Waals surface area contributed by atoms with Gasteiger partial charge in [-0.15, -0.1) is 0 Å². The summed E-state index contributed by atoms with van der Waals surface area (Å²) in [7, 11) is 0. The molecule has 3 nitrogen and oxygen atoms in total. The summed E-state index contributed by atoms with van der Waals surface area (Å²) in [5.74, 6) is 0. The van der Waals surface area contributed by atoms with Gasteiger partial charge in [0, 0.05) is 18.0 Å². The molecule has 3 heteroatoms. The van der Waals surface area contributed by atoms with Crippen LogP contribution in [0.1, 0.15) is 40.0 Å². The van der Waals surface area contributed by atoms with Crippen LogP contribution in [0.5, 0.6) is 0 Å². The number of carbonyl (C=O) groups excluding carboxylic acids is 1. The van der Waals surface area contributed by atoms with Gasteiger partial charge < -0.3 is 10.2 Å². The molecule has 0 spiro atoms. The van der Waals surface area contributed by atoms with Crippen molar-refractivity contribution < 1.29 is 4.79 Å². The summed E-state index contributed by atoms with van der Waals surface area (Å²) in [5, 5.41) is 5.43. The first-order valence-corrected chi connectivity index (χ1v) is 8.91. The maximum atomic E-state index is 13.0. The van der Waals surface area contributed by atoms with Gasteiger partial charge in [0.2, 0.25) is 0 Å². The normalized spacial score (nSPS) is 28.1. The minimum absolute atomic E-state index is 0.0535. The molecule has 1 N–H and O–H groups in total. The van der Waals surface area contributed by atoms with E-state index in [0.717, 1.165) is 35.8 Å². The smallest absolute Gasteiger partial charge is 0.321 e. The molecule has 1 aliphatic heterocycles. The van der Waals surface area contributed by atoms with E-state index in [2.05, 4.69) is 49.2 Å². The highest BCUT2D eigenvalue weighted by atomic mass is 16.2. The van der Waals surface area contributed by atoms with Crippen molar-refractivity contribution in [3.8, 4) is 0 Å². The summed E-state index contributed by atoms with van der Waals surface area (Å²) in [6.45, 7) is 7.89. The van der Waals surface area contributed by atoms with Crippen molar-refractivity contribution in [3.05, 3.63) is 42.5 Å². The lowest BCUT2D eigenvalue weighted by Gasteiger charge is -2.39. The Hall–Kier alpha value is -2.03. The Bertz CT molecular complexity index is 792. The second kappa shape index (κ2) is 5.23. The lowest BCUT2D eigenvalue weighted by molar-refractivity contribution is 0.130. The minimum Gasteiger partial charge on any atom is -0.321 e. The third kappa shape index (κ3) is 2.66. The molecule has 2 bridgehead atoms. The SMILES string of the molecule is CC1(C)C[C@@H]2C[C@@](C)(CN2C(=O)Nc2cccc3ccccc23)C1. The number of amides is 2. The molecule has 1 heterocycles. The number of nitrogens with one attached hydrogen (secondary N) is 1. The van der Waals surface area contributed by atoms with E-state index in [1.54, 1.807) is 0 Å². The number of benzene rings is 2. The van der Waals surface area contributed by atoms with Gasteiger partial charge in [-0.05, 0) is 41.5 Å². The summed E-state index contributed by atoms with van der Waals surface area (Å²) < 4.78 is 0. The number of rotatable bonds is 1. The Morgan fingerprint density at radius 3 is 2.67 bits per heavy atom. The van der Waals surface area contributed by atoms with Gasteiger partial charge >= 0.3 is 6.03 Å². The molecule has 0 unspecified atom stereocenters. The second-order valence-corrected chi connectivity index (χ2v) is 8.80. The molecule has 2 fully saturated rings. The third-order valence-corrected chi connectivity index (χ3v) is 5.71. The van der Waals surface area contributed by atoms with Gasteiger partial charge in [-0.2, -0.15) is 0 Å². The molecule has 0 aromatic heterocycles. The number of likely N-dealkylation sites (tertiary alicyclic amines) is 1. The number of anilines is 1. The van der Waals surface area contributed by atoms with Crippen LogP contribution < -0.4 is 5.32 Å². The minimum atomic E-state index is 0.0535. The maximum Gasteiger partial charge on any atom is 0.322 e. The first kappa shape index (κ1) is 15.5. The van der Waals surface area contributed by atoms with Gasteiger partial charge in [-0.1, -0.05) is 57.2 Å². The Morgan fingerprint density at radius 2 is 1.83 bits per heavy atom. The van der Waals surface area contributed by atoms with Crippen molar-refractivity contribution in [1.82, 2.24) is 4.90 Å². The molecular weight excluding hydrogens is 296 g/mol. The van der Waals surface area contributed by atoms with Crippen LogP contribution in [0.15, 0.2) is 42.5 Å².